The number of benzene rings is 2. The van der Waals surface area contributed by atoms with Gasteiger partial charge < -0.3 is 5.21 Å². The Morgan fingerprint density at radius 3 is 2.16 bits per heavy atom. The van der Waals surface area contributed by atoms with Crippen LogP contribution < -0.4 is 0 Å². The molecule has 5 heteroatoms. The van der Waals surface area contributed by atoms with Gasteiger partial charge in [0, 0.05) is 15.4 Å². The van der Waals surface area contributed by atoms with E-state index in [9.17, 15) is 4.79 Å². The molecule has 0 atom stereocenters. The number of hydrogen-bond acceptors (Lipinski definition) is 4. The second-order valence-electron chi connectivity index (χ2n) is 3.66. The van der Waals surface area contributed by atoms with Gasteiger partial charge in [-0.05, 0) is 36.4 Å². The topological polar surface area (TPSA) is 49.7 Å². The lowest BCUT2D eigenvalue weighted by Gasteiger charge is -2.02. The third kappa shape index (κ3) is 3.59. The highest BCUT2D eigenvalue weighted by Gasteiger charge is 2.11. The number of hydrogen-bond donors (Lipinski definition) is 1. The van der Waals surface area contributed by atoms with Crippen molar-refractivity contribution in [2.45, 2.75) is 9.79 Å². The molecule has 0 aromatic heterocycles. The first-order valence-corrected chi connectivity index (χ1v) is 6.65. The summed E-state index contributed by atoms with van der Waals surface area (Å²) in [6, 6.07) is 16.9. The summed E-state index contributed by atoms with van der Waals surface area (Å²) in [7, 11) is 0. The first kappa shape index (κ1) is 13.6. The molecule has 0 bridgehead atoms. The highest BCUT2D eigenvalue weighted by atomic mass is 35.5. The molecule has 0 saturated heterocycles. The standard InChI is InChI=1S/C14H10ClNO2S/c15-14(16-18)13(17)10-6-8-12(9-7-10)19-11-4-2-1-3-5-11/h1-9,18H/b16-14-. The van der Waals surface area contributed by atoms with Crippen LogP contribution in [0.3, 0.4) is 0 Å². The Hall–Kier alpha value is -1.78. The molecule has 0 radical (unpaired) electrons. The molecule has 96 valence electrons. The minimum atomic E-state index is -0.500. The number of carbonyl (C=O) groups excluding carboxylic acids is 1. The molecule has 0 fully saturated rings. The van der Waals surface area contributed by atoms with Crippen LogP contribution >= 0.6 is 23.4 Å². The van der Waals surface area contributed by atoms with Crippen LogP contribution in [0.25, 0.3) is 0 Å². The predicted molar refractivity (Wildman–Crippen MR) is 76.4 cm³/mol. The molecule has 2 rings (SSSR count). The van der Waals surface area contributed by atoms with Gasteiger partial charge in [-0.2, -0.15) is 0 Å². The summed E-state index contributed by atoms with van der Waals surface area (Å²) in [5.74, 6) is -0.500. The zero-order valence-electron chi connectivity index (χ0n) is 9.79. The minimum absolute atomic E-state index is 0.389. The largest absolute Gasteiger partial charge is 0.410 e. The van der Waals surface area contributed by atoms with Crippen molar-refractivity contribution in [1.82, 2.24) is 0 Å². The van der Waals surface area contributed by atoms with Gasteiger partial charge in [-0.25, -0.2) is 0 Å². The van der Waals surface area contributed by atoms with Crippen LogP contribution in [0.1, 0.15) is 10.4 Å². The van der Waals surface area contributed by atoms with E-state index in [1.165, 1.54) is 0 Å². The van der Waals surface area contributed by atoms with Gasteiger partial charge in [0.15, 0.2) is 0 Å². The van der Waals surface area contributed by atoms with Gasteiger partial charge in [-0.15, -0.1) is 0 Å². The molecule has 0 amide bonds. The number of halogens is 1. The first-order valence-electron chi connectivity index (χ1n) is 5.46. The van der Waals surface area contributed by atoms with Gasteiger partial charge in [0.2, 0.25) is 11.0 Å². The molecule has 0 saturated carbocycles. The smallest absolute Gasteiger partial charge is 0.226 e. The lowest BCUT2D eigenvalue weighted by atomic mass is 10.1. The SMILES string of the molecule is O=C(/C(Cl)=N/O)c1ccc(Sc2ccccc2)cc1. The Bertz CT molecular complexity index is 597. The molecule has 19 heavy (non-hydrogen) atoms. The van der Waals surface area contributed by atoms with Gasteiger partial charge in [0.05, 0.1) is 0 Å². The van der Waals surface area contributed by atoms with Crippen molar-refractivity contribution in [1.29, 1.82) is 0 Å². The summed E-state index contributed by atoms with van der Waals surface area (Å²) < 4.78 is 0. The fraction of sp³-hybridized carbons (Fsp3) is 0. The Morgan fingerprint density at radius 2 is 1.58 bits per heavy atom. The molecule has 2 aromatic carbocycles. The highest BCUT2D eigenvalue weighted by molar-refractivity contribution is 7.99. The molecular formula is C14H10ClNO2S. The monoisotopic (exact) mass is 291 g/mol. The summed E-state index contributed by atoms with van der Waals surface area (Å²) in [6.07, 6.45) is 0. The molecular weight excluding hydrogens is 282 g/mol. The Labute approximate surface area is 119 Å². The van der Waals surface area contributed by atoms with E-state index >= 15 is 0 Å². The van der Waals surface area contributed by atoms with E-state index in [1.807, 2.05) is 42.5 Å². The maximum absolute atomic E-state index is 11.6. The number of rotatable bonds is 4. The van der Waals surface area contributed by atoms with Gasteiger partial charge >= 0.3 is 0 Å². The van der Waals surface area contributed by atoms with Crippen molar-refractivity contribution in [3.8, 4) is 0 Å². The second-order valence-corrected chi connectivity index (χ2v) is 5.16. The molecule has 0 spiro atoms. The van der Waals surface area contributed by atoms with Crippen LogP contribution in [0.15, 0.2) is 69.5 Å². The van der Waals surface area contributed by atoms with Gasteiger partial charge in [0.25, 0.3) is 0 Å². The van der Waals surface area contributed by atoms with Crippen LogP contribution in [-0.4, -0.2) is 16.2 Å². The van der Waals surface area contributed by atoms with Crippen molar-refractivity contribution in [2.24, 2.45) is 5.16 Å². The van der Waals surface area contributed by atoms with Gasteiger partial charge in [-0.1, -0.05) is 46.7 Å². The lowest BCUT2D eigenvalue weighted by molar-refractivity contribution is 0.106. The zero-order valence-corrected chi connectivity index (χ0v) is 11.4. The Balaban J connectivity index is 2.13. The van der Waals surface area contributed by atoms with Crippen molar-refractivity contribution < 1.29 is 10.0 Å². The average Bonchev–Trinajstić information content (AvgIpc) is 2.47. The van der Waals surface area contributed by atoms with Crippen LogP contribution in [0, 0.1) is 0 Å². The first-order chi connectivity index (χ1) is 9.20. The van der Waals surface area contributed by atoms with Gasteiger partial charge in [0.1, 0.15) is 0 Å². The Morgan fingerprint density at radius 1 is 1.00 bits per heavy atom. The van der Waals surface area contributed by atoms with Crippen LogP contribution in [0.5, 0.6) is 0 Å². The summed E-state index contributed by atoms with van der Waals surface area (Å²) in [6.45, 7) is 0. The van der Waals surface area contributed by atoms with E-state index in [0.29, 0.717) is 5.56 Å². The second kappa shape index (κ2) is 6.41. The minimum Gasteiger partial charge on any atom is -0.410 e. The number of nitrogens with zero attached hydrogens (tertiary/aromatic N) is 1. The van der Waals surface area contributed by atoms with Crippen LogP contribution in [-0.2, 0) is 0 Å². The van der Waals surface area contributed by atoms with E-state index in [1.54, 1.807) is 23.9 Å². The fourth-order valence-corrected chi connectivity index (χ4v) is 2.41. The normalized spacial score (nSPS) is 11.3. The molecule has 0 aliphatic carbocycles. The number of ketones is 1. The van der Waals surface area contributed by atoms with Gasteiger partial charge in [-0.3, -0.25) is 4.79 Å². The predicted octanol–water partition coefficient (Wildman–Crippen LogP) is 4.05. The van der Waals surface area contributed by atoms with Crippen molar-refractivity contribution in [3.63, 3.8) is 0 Å². The molecule has 3 nitrogen and oxygen atoms in total. The van der Waals surface area contributed by atoms with Crippen LogP contribution in [0.4, 0.5) is 0 Å². The zero-order chi connectivity index (χ0) is 13.7. The quantitative estimate of drug-likeness (QED) is 0.400. The van der Waals surface area contributed by atoms with Crippen LogP contribution in [0.2, 0.25) is 0 Å². The van der Waals surface area contributed by atoms with Crippen molar-refractivity contribution in [3.05, 3.63) is 60.2 Å². The van der Waals surface area contributed by atoms with E-state index in [2.05, 4.69) is 5.16 Å². The summed E-state index contributed by atoms with van der Waals surface area (Å²) in [5.41, 5.74) is 0.389. The Kier molecular flexibility index (Phi) is 4.60. The highest BCUT2D eigenvalue weighted by Crippen LogP contribution is 2.27. The lowest BCUT2D eigenvalue weighted by Crippen LogP contribution is -2.07. The third-order valence-electron chi connectivity index (χ3n) is 2.37. The molecule has 0 heterocycles. The van der Waals surface area contributed by atoms with E-state index in [4.69, 9.17) is 16.8 Å². The van der Waals surface area contributed by atoms with E-state index in [-0.39, 0.29) is 0 Å². The number of carbonyl (C=O) groups is 1. The molecule has 0 unspecified atom stereocenters. The van der Waals surface area contributed by atoms with E-state index < -0.39 is 11.0 Å². The van der Waals surface area contributed by atoms with E-state index in [0.717, 1.165) is 9.79 Å². The molecule has 0 aliphatic heterocycles. The number of Topliss-reactive ketones (excluding diaryl/α,β-unsaturated/α-hetero) is 1. The molecule has 1 N–H and O–H groups in total. The summed E-state index contributed by atoms with van der Waals surface area (Å²) in [5, 5.41) is 10.7. The summed E-state index contributed by atoms with van der Waals surface area (Å²) >= 11 is 7.06. The average molecular weight is 292 g/mol. The summed E-state index contributed by atoms with van der Waals surface area (Å²) in [4.78, 5) is 13.8. The maximum Gasteiger partial charge on any atom is 0.226 e. The molecule has 0 aliphatic rings. The van der Waals surface area contributed by atoms with Crippen molar-refractivity contribution in [2.75, 3.05) is 0 Å². The van der Waals surface area contributed by atoms with Crippen molar-refractivity contribution >= 4 is 34.3 Å². The molecule has 2 aromatic rings. The third-order valence-corrected chi connectivity index (χ3v) is 3.63. The number of oxime groups is 1. The maximum atomic E-state index is 11.6. The fourth-order valence-electron chi connectivity index (χ4n) is 1.46.